The van der Waals surface area contributed by atoms with E-state index in [4.69, 9.17) is 0 Å². The Morgan fingerprint density at radius 2 is 2.06 bits per heavy atom. The number of nitrogens with zero attached hydrogens (tertiary/aromatic N) is 2. The van der Waals surface area contributed by atoms with Gasteiger partial charge in [0.15, 0.2) is 11.9 Å². The molecule has 0 aromatic heterocycles. The third-order valence-electron chi connectivity index (χ3n) is 3.01. The van der Waals surface area contributed by atoms with Crippen molar-refractivity contribution in [3.63, 3.8) is 0 Å². The third kappa shape index (κ3) is 1.23. The van der Waals surface area contributed by atoms with E-state index in [9.17, 15) is 18.3 Å². The summed E-state index contributed by atoms with van der Waals surface area (Å²) >= 11 is 0. The molecule has 94 valence electrons. The maximum atomic E-state index is 12.2. The van der Waals surface area contributed by atoms with Gasteiger partial charge in [0.1, 0.15) is 0 Å². The molecule has 0 fully saturated rings. The SMILES string of the molecule is C[C@@H](O)[C@@H]1N=C2c3ccccc3S(=O)(=O)N2C1=O. The zero-order valence-corrected chi connectivity index (χ0v) is 10.3. The van der Waals surface area contributed by atoms with Crippen LogP contribution in [0.3, 0.4) is 0 Å². The summed E-state index contributed by atoms with van der Waals surface area (Å²) in [4.78, 5) is 16.1. The van der Waals surface area contributed by atoms with Crippen LogP contribution in [0.4, 0.5) is 0 Å². The van der Waals surface area contributed by atoms with Gasteiger partial charge in [-0.2, -0.15) is 4.31 Å². The molecule has 0 saturated carbocycles. The van der Waals surface area contributed by atoms with Gasteiger partial charge in [0.25, 0.3) is 15.9 Å². The molecule has 2 aliphatic heterocycles. The molecule has 0 unspecified atom stereocenters. The number of aliphatic hydroxyl groups is 1. The van der Waals surface area contributed by atoms with Crippen molar-refractivity contribution < 1.29 is 18.3 Å². The zero-order valence-electron chi connectivity index (χ0n) is 9.44. The number of carbonyl (C=O) groups excluding carboxylic acids is 1. The highest BCUT2D eigenvalue weighted by Crippen LogP contribution is 2.35. The molecule has 0 bridgehead atoms. The number of hydrogen-bond acceptors (Lipinski definition) is 5. The topological polar surface area (TPSA) is 87.0 Å². The summed E-state index contributed by atoms with van der Waals surface area (Å²) in [7, 11) is -3.86. The second kappa shape index (κ2) is 3.39. The zero-order chi connectivity index (χ0) is 13.1. The summed E-state index contributed by atoms with van der Waals surface area (Å²) in [5.74, 6) is -0.585. The van der Waals surface area contributed by atoms with Crippen molar-refractivity contribution >= 4 is 21.8 Å². The number of hydrogen-bond donors (Lipinski definition) is 1. The lowest BCUT2D eigenvalue weighted by Gasteiger charge is -2.13. The van der Waals surface area contributed by atoms with Gasteiger partial charge >= 0.3 is 0 Å². The summed E-state index contributed by atoms with van der Waals surface area (Å²) < 4.78 is 25.1. The number of fused-ring (bicyclic) bond motifs is 3. The number of amidine groups is 1. The van der Waals surface area contributed by atoms with Gasteiger partial charge < -0.3 is 5.11 Å². The lowest BCUT2D eigenvalue weighted by molar-refractivity contribution is -0.125. The van der Waals surface area contributed by atoms with Crippen molar-refractivity contribution in [3.8, 4) is 0 Å². The number of carbonyl (C=O) groups is 1. The molecule has 3 rings (SSSR count). The molecule has 0 saturated heterocycles. The predicted molar refractivity (Wildman–Crippen MR) is 62.5 cm³/mol. The van der Waals surface area contributed by atoms with E-state index >= 15 is 0 Å². The van der Waals surface area contributed by atoms with Crippen LogP contribution in [0, 0.1) is 0 Å². The third-order valence-corrected chi connectivity index (χ3v) is 4.76. The van der Waals surface area contributed by atoms with Gasteiger partial charge in [-0.1, -0.05) is 12.1 Å². The molecule has 6 nitrogen and oxygen atoms in total. The number of sulfonamides is 1. The van der Waals surface area contributed by atoms with Gasteiger partial charge in [-0.05, 0) is 19.1 Å². The second-order valence-corrected chi connectivity index (χ2v) is 6.00. The van der Waals surface area contributed by atoms with Crippen LogP contribution < -0.4 is 0 Å². The number of aliphatic hydroxyl groups excluding tert-OH is 1. The highest BCUT2D eigenvalue weighted by molar-refractivity contribution is 7.91. The normalized spacial score (nSPS) is 25.7. The second-order valence-electron chi connectivity index (χ2n) is 4.24. The van der Waals surface area contributed by atoms with E-state index in [-0.39, 0.29) is 10.7 Å². The van der Waals surface area contributed by atoms with E-state index in [1.807, 2.05) is 0 Å². The molecular weight excluding hydrogens is 256 g/mol. The molecule has 0 spiro atoms. The summed E-state index contributed by atoms with van der Waals surface area (Å²) in [5, 5.41) is 9.45. The van der Waals surface area contributed by atoms with Crippen LogP contribution in [0.1, 0.15) is 12.5 Å². The molecule has 1 aromatic rings. The van der Waals surface area contributed by atoms with Gasteiger partial charge in [0.05, 0.1) is 11.0 Å². The van der Waals surface area contributed by atoms with Crippen LogP contribution in [0.25, 0.3) is 0 Å². The Kier molecular flexibility index (Phi) is 2.14. The van der Waals surface area contributed by atoms with Crippen LogP contribution >= 0.6 is 0 Å². The first-order valence-electron chi connectivity index (χ1n) is 5.39. The van der Waals surface area contributed by atoms with E-state index in [1.165, 1.54) is 13.0 Å². The summed E-state index contributed by atoms with van der Waals surface area (Å²) in [6.07, 6.45) is -1.02. The fraction of sp³-hybridized carbons (Fsp3) is 0.273. The van der Waals surface area contributed by atoms with Gasteiger partial charge in [-0.15, -0.1) is 0 Å². The predicted octanol–water partition coefficient (Wildman–Crippen LogP) is -0.273. The van der Waals surface area contributed by atoms with Gasteiger partial charge in [0.2, 0.25) is 0 Å². The van der Waals surface area contributed by atoms with E-state index in [1.54, 1.807) is 18.2 Å². The quantitative estimate of drug-likeness (QED) is 0.757. The molecule has 1 N–H and O–H groups in total. The first-order valence-corrected chi connectivity index (χ1v) is 6.83. The van der Waals surface area contributed by atoms with Crippen LogP contribution in [-0.2, 0) is 14.8 Å². The Balaban J connectivity index is 2.26. The molecule has 7 heteroatoms. The summed E-state index contributed by atoms with van der Waals surface area (Å²) in [6.45, 7) is 1.41. The number of benzene rings is 1. The molecule has 0 radical (unpaired) electrons. The van der Waals surface area contributed by atoms with Crippen molar-refractivity contribution in [1.29, 1.82) is 0 Å². The van der Waals surface area contributed by atoms with Crippen molar-refractivity contribution in [2.24, 2.45) is 4.99 Å². The maximum Gasteiger partial charge on any atom is 0.272 e. The Labute approximate surface area is 104 Å². The van der Waals surface area contributed by atoms with Gasteiger partial charge in [-0.3, -0.25) is 9.79 Å². The lowest BCUT2D eigenvalue weighted by Crippen LogP contribution is -2.39. The minimum Gasteiger partial charge on any atom is -0.391 e. The van der Waals surface area contributed by atoms with E-state index in [0.29, 0.717) is 9.87 Å². The monoisotopic (exact) mass is 266 g/mol. The maximum absolute atomic E-state index is 12.2. The van der Waals surface area contributed by atoms with E-state index in [2.05, 4.69) is 4.99 Å². The van der Waals surface area contributed by atoms with Crippen LogP contribution in [0.15, 0.2) is 34.2 Å². The molecule has 2 atom stereocenters. The Morgan fingerprint density at radius 3 is 2.72 bits per heavy atom. The van der Waals surface area contributed by atoms with Crippen molar-refractivity contribution in [1.82, 2.24) is 4.31 Å². The highest BCUT2D eigenvalue weighted by Gasteiger charge is 2.50. The average molecular weight is 266 g/mol. The Morgan fingerprint density at radius 1 is 1.39 bits per heavy atom. The van der Waals surface area contributed by atoms with Crippen molar-refractivity contribution in [2.75, 3.05) is 0 Å². The molecule has 0 aliphatic carbocycles. The first-order chi connectivity index (χ1) is 8.44. The summed E-state index contributed by atoms with van der Waals surface area (Å²) in [5.41, 5.74) is 0.411. The number of rotatable bonds is 1. The van der Waals surface area contributed by atoms with Crippen LogP contribution in [0.2, 0.25) is 0 Å². The largest absolute Gasteiger partial charge is 0.391 e. The minimum absolute atomic E-state index is 0.0844. The Hall–Kier alpha value is -1.73. The molecular formula is C11H10N2O4S. The highest BCUT2D eigenvalue weighted by atomic mass is 32.2. The van der Waals surface area contributed by atoms with Gasteiger partial charge in [-0.25, -0.2) is 8.42 Å². The van der Waals surface area contributed by atoms with Gasteiger partial charge in [0, 0.05) is 5.56 Å². The molecule has 1 aromatic carbocycles. The first kappa shape index (κ1) is 11.4. The minimum atomic E-state index is -3.86. The summed E-state index contributed by atoms with van der Waals surface area (Å²) in [6, 6.07) is 5.28. The molecule has 2 heterocycles. The van der Waals surface area contributed by atoms with Crippen molar-refractivity contribution in [2.45, 2.75) is 24.0 Å². The van der Waals surface area contributed by atoms with Crippen molar-refractivity contribution in [3.05, 3.63) is 29.8 Å². The van der Waals surface area contributed by atoms with E-state index < -0.39 is 28.1 Å². The van der Waals surface area contributed by atoms with Crippen LogP contribution in [0.5, 0.6) is 0 Å². The number of aliphatic imine (C=N–C) groups is 1. The smallest absolute Gasteiger partial charge is 0.272 e. The average Bonchev–Trinajstić information content (AvgIpc) is 2.77. The Bertz CT molecular complexity index is 678. The lowest BCUT2D eigenvalue weighted by atomic mass is 10.2. The van der Waals surface area contributed by atoms with Crippen LogP contribution in [-0.4, -0.2) is 41.7 Å². The molecule has 2 aliphatic rings. The standard InChI is InChI=1S/C11H10N2O4S/c1-6(14)9-11(15)13-10(12-9)7-4-2-3-5-8(7)18(13,16)17/h2-6,9,14H,1H3/t6-,9+/m1/s1. The molecule has 1 amide bonds. The number of amides is 1. The fourth-order valence-corrected chi connectivity index (χ4v) is 3.77. The fourth-order valence-electron chi connectivity index (χ4n) is 2.16. The van der Waals surface area contributed by atoms with E-state index in [0.717, 1.165) is 0 Å². The molecule has 18 heavy (non-hydrogen) atoms.